The maximum Gasteiger partial charge on any atom is 2.00 e. The Morgan fingerprint density at radius 2 is 0.950 bits per heavy atom. The predicted molar refractivity (Wildman–Crippen MR) is 138 cm³/mol. The molecule has 19 heteroatoms. The molecule has 0 atom stereocenters. The number of hydrogen-bond acceptors (Lipinski definition) is 8. The summed E-state index contributed by atoms with van der Waals surface area (Å²) in [5.74, 6) is 0. The number of ether oxygens (including phenoxy) is 4. The molecule has 3 N–H and O–H groups in total. The van der Waals surface area contributed by atoms with Gasteiger partial charge in [-0.3, -0.25) is 0 Å². The van der Waals surface area contributed by atoms with E-state index >= 15 is 0 Å². The fourth-order valence-corrected chi connectivity index (χ4v) is 3.08. The number of halogens is 8. The molecule has 8 nitrogen and oxygen atoms in total. The van der Waals surface area contributed by atoms with Crippen LogP contribution in [0.2, 0.25) is 0 Å². The molecule has 246 valence electrons. The van der Waals surface area contributed by atoms with Crippen molar-refractivity contribution in [1.29, 1.82) is 0 Å². The molecule has 0 aromatic carbocycles. The van der Waals surface area contributed by atoms with Crippen LogP contribution in [0.3, 0.4) is 0 Å². The van der Waals surface area contributed by atoms with Crippen LogP contribution < -0.4 is 16.0 Å². The Hall–Kier alpha value is -0.257. The van der Waals surface area contributed by atoms with Crippen molar-refractivity contribution in [3.8, 4) is 0 Å². The summed E-state index contributed by atoms with van der Waals surface area (Å²) in [5, 5.41) is 10.5. The van der Waals surface area contributed by atoms with Gasteiger partial charge in [0.15, 0.2) is 0 Å². The standard InChI is InChI=1S/C21H46N4O4.2BF4.Ni/c1-2-26-16-17-28-20-21-29-19-18-27-15-5-13-25-12-4-8-23-10-9-22-6-3-7-24-11-14-25;2*2-1(3,4)5;/h22-24H,2-21H2,1H3;;;/q;2*-1;+2. The van der Waals surface area contributed by atoms with Crippen LogP contribution in [-0.4, -0.2) is 131 Å². The Bertz CT molecular complexity index is 475. The van der Waals surface area contributed by atoms with Gasteiger partial charge in [0, 0.05) is 45.9 Å². The number of nitrogens with one attached hydrogen (secondary N) is 3. The van der Waals surface area contributed by atoms with Gasteiger partial charge in [0.05, 0.1) is 39.6 Å². The van der Waals surface area contributed by atoms with Gasteiger partial charge >= 0.3 is 31.0 Å². The summed E-state index contributed by atoms with van der Waals surface area (Å²) in [4.78, 5) is 2.55. The van der Waals surface area contributed by atoms with Crippen molar-refractivity contribution in [3.63, 3.8) is 0 Å². The molecule has 40 heavy (non-hydrogen) atoms. The Kier molecular flexibility index (Phi) is 35.0. The van der Waals surface area contributed by atoms with Crippen molar-refractivity contribution in [2.45, 2.75) is 26.2 Å². The molecule has 0 aromatic rings. The summed E-state index contributed by atoms with van der Waals surface area (Å²) in [7, 11) is -12.0. The maximum absolute atomic E-state index is 9.75. The monoisotopic (exact) mass is 650 g/mol. The van der Waals surface area contributed by atoms with Crippen LogP contribution in [0.4, 0.5) is 34.5 Å². The minimum Gasteiger partial charge on any atom is -0.418 e. The molecule has 0 bridgehead atoms. The van der Waals surface area contributed by atoms with E-state index in [-0.39, 0.29) is 16.5 Å². The summed E-state index contributed by atoms with van der Waals surface area (Å²) in [5.41, 5.74) is 0. The van der Waals surface area contributed by atoms with Crippen molar-refractivity contribution in [2.75, 3.05) is 112 Å². The van der Waals surface area contributed by atoms with Crippen LogP contribution in [0.15, 0.2) is 0 Å². The van der Waals surface area contributed by atoms with Crippen molar-refractivity contribution < 1.29 is 70.0 Å². The van der Waals surface area contributed by atoms with Crippen molar-refractivity contribution in [3.05, 3.63) is 0 Å². The van der Waals surface area contributed by atoms with Crippen LogP contribution in [0.1, 0.15) is 26.2 Å². The number of hydrogen-bond donors (Lipinski definition) is 3. The molecular weight excluding hydrogens is 605 g/mol. The van der Waals surface area contributed by atoms with Gasteiger partial charge in [0.1, 0.15) is 0 Å². The van der Waals surface area contributed by atoms with Crippen LogP contribution in [0, 0.1) is 0 Å². The summed E-state index contributed by atoms with van der Waals surface area (Å²) in [6, 6.07) is 0. The van der Waals surface area contributed by atoms with Crippen LogP contribution in [0.5, 0.6) is 0 Å². The second kappa shape index (κ2) is 31.7. The molecule has 0 amide bonds. The molecule has 0 saturated carbocycles. The van der Waals surface area contributed by atoms with Gasteiger partial charge in [-0.1, -0.05) is 0 Å². The van der Waals surface area contributed by atoms with Gasteiger partial charge in [-0.25, -0.2) is 0 Å². The fraction of sp³-hybridized carbons (Fsp3) is 1.00. The molecule has 0 aromatic heterocycles. The van der Waals surface area contributed by atoms with Crippen LogP contribution in [0.25, 0.3) is 0 Å². The zero-order valence-corrected chi connectivity index (χ0v) is 24.2. The Morgan fingerprint density at radius 1 is 0.550 bits per heavy atom. The van der Waals surface area contributed by atoms with E-state index in [0.29, 0.717) is 39.6 Å². The SMILES string of the molecule is CCOCCOCCOCCOCCCN1CCCNCCNCCCNCC1.F[B-](F)(F)F.F[B-](F)(F)F.[Ni+2]. The first-order valence-electron chi connectivity index (χ1n) is 13.3. The molecule has 1 aliphatic rings. The van der Waals surface area contributed by atoms with E-state index in [0.717, 1.165) is 78.5 Å². The molecule has 1 heterocycles. The third kappa shape index (κ3) is 53.9. The first-order valence-corrected chi connectivity index (χ1v) is 13.3. The third-order valence-electron chi connectivity index (χ3n) is 4.70. The second-order valence-electron chi connectivity index (χ2n) is 8.18. The summed E-state index contributed by atoms with van der Waals surface area (Å²) >= 11 is 0. The second-order valence-corrected chi connectivity index (χ2v) is 8.18. The molecule has 1 saturated heterocycles. The normalized spacial score (nSPS) is 16.4. The van der Waals surface area contributed by atoms with Gasteiger partial charge in [-0.15, -0.1) is 0 Å². The van der Waals surface area contributed by atoms with Crippen molar-refractivity contribution in [1.82, 2.24) is 20.9 Å². The molecule has 0 aliphatic carbocycles. The minimum atomic E-state index is -6.00. The van der Waals surface area contributed by atoms with E-state index in [9.17, 15) is 34.5 Å². The predicted octanol–water partition coefficient (Wildman–Crippen LogP) is 2.92. The fourth-order valence-electron chi connectivity index (χ4n) is 3.08. The Labute approximate surface area is 243 Å². The zero-order chi connectivity index (χ0) is 29.7. The minimum absolute atomic E-state index is 0. The topological polar surface area (TPSA) is 76.2 Å². The molecule has 1 rings (SSSR count). The molecule has 1 aliphatic heterocycles. The molecule has 0 unspecified atom stereocenters. The van der Waals surface area contributed by atoms with Gasteiger partial charge in [0.25, 0.3) is 0 Å². The molecule has 0 spiro atoms. The third-order valence-corrected chi connectivity index (χ3v) is 4.70. The zero-order valence-electron chi connectivity index (χ0n) is 23.2. The number of nitrogens with zero attached hydrogens (tertiary/aromatic N) is 1. The van der Waals surface area contributed by atoms with E-state index in [1.165, 1.54) is 12.8 Å². The van der Waals surface area contributed by atoms with E-state index in [4.69, 9.17) is 18.9 Å². The average molecular weight is 651 g/mol. The van der Waals surface area contributed by atoms with E-state index in [1.807, 2.05) is 6.92 Å². The van der Waals surface area contributed by atoms with Gasteiger partial charge in [0.2, 0.25) is 0 Å². The maximum atomic E-state index is 9.75. The first kappa shape index (κ1) is 44.2. The summed E-state index contributed by atoms with van der Waals surface area (Å²) < 4.78 is 99.8. The van der Waals surface area contributed by atoms with Crippen LogP contribution >= 0.6 is 0 Å². The quantitative estimate of drug-likeness (QED) is 0.151. The van der Waals surface area contributed by atoms with E-state index in [1.54, 1.807) is 0 Å². The summed E-state index contributed by atoms with van der Waals surface area (Å²) in [6.45, 7) is 17.1. The van der Waals surface area contributed by atoms with Gasteiger partial charge in [-0.2, -0.15) is 0 Å². The van der Waals surface area contributed by atoms with Crippen LogP contribution in [-0.2, 0) is 35.4 Å². The van der Waals surface area contributed by atoms with Crippen molar-refractivity contribution in [2.24, 2.45) is 0 Å². The van der Waals surface area contributed by atoms with Gasteiger partial charge in [-0.05, 0) is 52.4 Å². The molecular formula is C21H46B2F8N4NiO4. The Balaban J connectivity index is -0.00000106. The molecule has 1 fully saturated rings. The summed E-state index contributed by atoms with van der Waals surface area (Å²) in [6.07, 6.45) is 3.45. The molecule has 0 radical (unpaired) electrons. The first-order chi connectivity index (χ1) is 18.4. The smallest absolute Gasteiger partial charge is 0.418 e. The number of rotatable bonds is 14. The van der Waals surface area contributed by atoms with E-state index < -0.39 is 14.5 Å². The average Bonchev–Trinajstić information content (AvgIpc) is 2.82. The largest absolute Gasteiger partial charge is 2.00 e. The van der Waals surface area contributed by atoms with Crippen molar-refractivity contribution >= 4 is 14.5 Å². The Morgan fingerprint density at radius 3 is 1.43 bits per heavy atom. The van der Waals surface area contributed by atoms with E-state index in [2.05, 4.69) is 20.9 Å². The van der Waals surface area contributed by atoms with Gasteiger partial charge < -0.3 is 74.3 Å².